The number of rotatable bonds is 2. The first-order valence-corrected chi connectivity index (χ1v) is 5.40. The minimum absolute atomic E-state index is 0.159. The number of aromatic nitrogens is 3. The van der Waals surface area contributed by atoms with Crippen molar-refractivity contribution in [2.75, 3.05) is 0 Å². The first-order valence-electron chi connectivity index (χ1n) is 4.49. The van der Waals surface area contributed by atoms with Gasteiger partial charge in [0.25, 0.3) is 0 Å². The van der Waals surface area contributed by atoms with Crippen molar-refractivity contribution < 1.29 is 4.39 Å². The lowest BCUT2D eigenvalue weighted by Gasteiger charge is -1.98. The number of nitrogens with zero attached hydrogens (tertiary/aromatic N) is 3. The van der Waals surface area contributed by atoms with Crippen LogP contribution in [0.4, 0.5) is 4.39 Å². The van der Waals surface area contributed by atoms with Crippen LogP contribution in [0.1, 0.15) is 17.4 Å². The molecular weight excluding hydrogens is 261 g/mol. The molecule has 1 aromatic heterocycles. The first kappa shape index (κ1) is 10.3. The molecule has 5 heteroatoms. The summed E-state index contributed by atoms with van der Waals surface area (Å²) in [6, 6.07) is 6.11. The molecule has 3 nitrogen and oxygen atoms in total. The summed E-state index contributed by atoms with van der Waals surface area (Å²) in [6.45, 7) is 1.97. The summed E-state index contributed by atoms with van der Waals surface area (Å²) < 4.78 is 14.3. The summed E-state index contributed by atoms with van der Waals surface area (Å²) in [6.07, 6.45) is 1.81. The van der Waals surface area contributed by atoms with E-state index >= 15 is 0 Å². The van der Waals surface area contributed by atoms with Gasteiger partial charge in [0.15, 0.2) is 0 Å². The largest absolute Gasteiger partial charge is 0.220 e. The molecular formula is C10H9BrFN3. The lowest BCUT2D eigenvalue weighted by molar-refractivity contribution is 0.626. The van der Waals surface area contributed by atoms with Crippen LogP contribution in [-0.4, -0.2) is 15.0 Å². The summed E-state index contributed by atoms with van der Waals surface area (Å²) in [4.78, 5) is 0.159. The van der Waals surface area contributed by atoms with Gasteiger partial charge in [-0.15, -0.1) is 5.10 Å². The summed E-state index contributed by atoms with van der Waals surface area (Å²) >= 11 is 3.40. The third kappa shape index (κ3) is 2.23. The normalized spacial score (nSPS) is 12.7. The van der Waals surface area contributed by atoms with Crippen LogP contribution in [0, 0.1) is 5.82 Å². The predicted octanol–water partition coefficient (Wildman–Crippen LogP) is 2.86. The van der Waals surface area contributed by atoms with Gasteiger partial charge in [-0.2, -0.15) is 0 Å². The highest BCUT2D eigenvalue weighted by Crippen LogP contribution is 2.19. The van der Waals surface area contributed by atoms with Crippen LogP contribution in [0.3, 0.4) is 0 Å². The van der Waals surface area contributed by atoms with E-state index < -0.39 is 0 Å². The van der Waals surface area contributed by atoms with E-state index in [1.54, 1.807) is 16.8 Å². The summed E-state index contributed by atoms with van der Waals surface area (Å²) in [5.41, 5.74) is 1.64. The van der Waals surface area contributed by atoms with Crippen molar-refractivity contribution >= 4 is 15.9 Å². The van der Waals surface area contributed by atoms with Gasteiger partial charge in [-0.05, 0) is 31.2 Å². The van der Waals surface area contributed by atoms with Gasteiger partial charge in [-0.3, -0.25) is 0 Å². The fourth-order valence-electron chi connectivity index (χ4n) is 1.18. The molecule has 0 spiro atoms. The lowest BCUT2D eigenvalue weighted by atomic mass is 10.3. The maximum absolute atomic E-state index is 12.7. The highest BCUT2D eigenvalue weighted by atomic mass is 79.9. The number of alkyl halides is 1. The molecule has 2 rings (SSSR count). The van der Waals surface area contributed by atoms with Crippen LogP contribution in [0.25, 0.3) is 5.69 Å². The SMILES string of the molecule is CC(Br)c1cn(-c2ccc(F)cc2)nn1. The minimum Gasteiger partial charge on any atom is -0.220 e. The Morgan fingerprint density at radius 3 is 2.53 bits per heavy atom. The Bertz CT molecular complexity index is 450. The molecule has 0 N–H and O–H groups in total. The van der Waals surface area contributed by atoms with Crippen molar-refractivity contribution in [1.82, 2.24) is 15.0 Å². The average Bonchev–Trinajstić information content (AvgIpc) is 2.68. The van der Waals surface area contributed by atoms with Gasteiger partial charge < -0.3 is 0 Å². The van der Waals surface area contributed by atoms with Crippen molar-refractivity contribution in [3.63, 3.8) is 0 Å². The highest BCUT2D eigenvalue weighted by Gasteiger charge is 2.07. The molecule has 0 saturated heterocycles. The van der Waals surface area contributed by atoms with Crippen LogP contribution >= 0.6 is 15.9 Å². The van der Waals surface area contributed by atoms with Crippen molar-refractivity contribution in [2.24, 2.45) is 0 Å². The molecule has 0 saturated carbocycles. The van der Waals surface area contributed by atoms with E-state index in [2.05, 4.69) is 26.2 Å². The monoisotopic (exact) mass is 269 g/mol. The Kier molecular flexibility index (Phi) is 2.81. The number of benzene rings is 1. The van der Waals surface area contributed by atoms with E-state index in [0.29, 0.717) is 0 Å². The highest BCUT2D eigenvalue weighted by molar-refractivity contribution is 9.09. The maximum Gasteiger partial charge on any atom is 0.123 e. The van der Waals surface area contributed by atoms with Gasteiger partial charge in [0.2, 0.25) is 0 Å². The van der Waals surface area contributed by atoms with E-state index in [-0.39, 0.29) is 10.6 Å². The van der Waals surface area contributed by atoms with Crippen LogP contribution in [0.15, 0.2) is 30.5 Å². The summed E-state index contributed by atoms with van der Waals surface area (Å²) in [7, 11) is 0. The Morgan fingerprint density at radius 2 is 2.00 bits per heavy atom. The lowest BCUT2D eigenvalue weighted by Crippen LogP contribution is -1.94. The molecule has 0 fully saturated rings. The average molecular weight is 270 g/mol. The molecule has 1 heterocycles. The van der Waals surface area contributed by atoms with E-state index in [4.69, 9.17) is 0 Å². The molecule has 78 valence electrons. The Morgan fingerprint density at radius 1 is 1.33 bits per heavy atom. The van der Waals surface area contributed by atoms with Crippen LogP contribution in [-0.2, 0) is 0 Å². The maximum atomic E-state index is 12.7. The molecule has 1 atom stereocenters. The third-order valence-corrected chi connectivity index (χ3v) is 2.48. The number of hydrogen-bond acceptors (Lipinski definition) is 2. The Hall–Kier alpha value is -1.23. The molecule has 1 unspecified atom stereocenters. The number of hydrogen-bond donors (Lipinski definition) is 0. The topological polar surface area (TPSA) is 30.7 Å². The zero-order valence-corrected chi connectivity index (χ0v) is 9.65. The van der Waals surface area contributed by atoms with Gasteiger partial charge >= 0.3 is 0 Å². The van der Waals surface area contributed by atoms with Gasteiger partial charge in [-0.25, -0.2) is 9.07 Å². The van der Waals surface area contributed by atoms with Gasteiger partial charge in [0, 0.05) is 0 Å². The van der Waals surface area contributed by atoms with Gasteiger partial charge in [0.05, 0.1) is 22.4 Å². The standard InChI is InChI=1S/C10H9BrFN3/c1-7(11)10-6-15(14-13-10)9-4-2-8(12)3-5-9/h2-7H,1H3. The molecule has 0 aliphatic heterocycles. The molecule has 0 bridgehead atoms. The van der Waals surface area contributed by atoms with Crippen molar-refractivity contribution in [3.05, 3.63) is 42.0 Å². The van der Waals surface area contributed by atoms with Crippen molar-refractivity contribution in [2.45, 2.75) is 11.8 Å². The molecule has 2 aromatic rings. The quantitative estimate of drug-likeness (QED) is 0.785. The van der Waals surface area contributed by atoms with E-state index in [1.807, 2.05) is 13.1 Å². The second-order valence-corrected chi connectivity index (χ2v) is 4.55. The first-order chi connectivity index (χ1) is 7.16. The zero-order valence-electron chi connectivity index (χ0n) is 8.06. The molecule has 1 aromatic carbocycles. The Labute approximate surface area is 95.0 Å². The van der Waals surface area contributed by atoms with Gasteiger partial charge in [0.1, 0.15) is 5.82 Å². The summed E-state index contributed by atoms with van der Waals surface area (Å²) in [5, 5.41) is 7.94. The molecule has 0 amide bonds. The minimum atomic E-state index is -0.257. The molecule has 0 aliphatic carbocycles. The van der Waals surface area contributed by atoms with Crippen LogP contribution in [0.2, 0.25) is 0 Å². The van der Waals surface area contributed by atoms with E-state index in [0.717, 1.165) is 11.4 Å². The fraction of sp³-hybridized carbons (Fsp3) is 0.200. The predicted molar refractivity (Wildman–Crippen MR) is 58.7 cm³/mol. The van der Waals surface area contributed by atoms with E-state index in [1.165, 1.54) is 12.1 Å². The van der Waals surface area contributed by atoms with Crippen molar-refractivity contribution in [1.29, 1.82) is 0 Å². The van der Waals surface area contributed by atoms with Crippen LogP contribution < -0.4 is 0 Å². The second kappa shape index (κ2) is 4.10. The Balaban J connectivity index is 2.33. The zero-order chi connectivity index (χ0) is 10.8. The second-order valence-electron chi connectivity index (χ2n) is 3.18. The van der Waals surface area contributed by atoms with Crippen LogP contribution in [0.5, 0.6) is 0 Å². The fourth-order valence-corrected chi connectivity index (χ4v) is 1.39. The van der Waals surface area contributed by atoms with E-state index in [9.17, 15) is 4.39 Å². The van der Waals surface area contributed by atoms with Crippen molar-refractivity contribution in [3.8, 4) is 5.69 Å². The molecule has 0 radical (unpaired) electrons. The number of halogens is 2. The smallest absolute Gasteiger partial charge is 0.123 e. The molecule has 15 heavy (non-hydrogen) atoms. The van der Waals surface area contributed by atoms with Gasteiger partial charge in [-0.1, -0.05) is 21.1 Å². The molecule has 0 aliphatic rings. The third-order valence-electron chi connectivity index (χ3n) is 2.01. The summed E-state index contributed by atoms with van der Waals surface area (Å²) in [5.74, 6) is -0.257.